The van der Waals surface area contributed by atoms with Crippen LogP contribution in [-0.4, -0.2) is 12.4 Å². The zero-order valence-corrected chi connectivity index (χ0v) is 9.79. The van der Waals surface area contributed by atoms with Crippen LogP contribution in [0.15, 0.2) is 40.6 Å². The summed E-state index contributed by atoms with van der Waals surface area (Å²) in [7, 11) is 0. The minimum absolute atomic E-state index is 0.0397. The van der Waals surface area contributed by atoms with Crippen molar-refractivity contribution in [2.75, 3.05) is 6.61 Å². The van der Waals surface area contributed by atoms with E-state index < -0.39 is 0 Å². The highest BCUT2D eigenvalue weighted by molar-refractivity contribution is 9.10. The second-order valence-corrected chi connectivity index (χ2v) is 4.22. The number of hydrogen-bond donors (Lipinski definition) is 0. The van der Waals surface area contributed by atoms with Gasteiger partial charge in [-0.25, -0.2) is 0 Å². The molecule has 0 atom stereocenters. The topological polar surface area (TPSA) is 26.3 Å². The van der Waals surface area contributed by atoms with Crippen molar-refractivity contribution in [1.82, 2.24) is 0 Å². The van der Waals surface area contributed by atoms with Crippen LogP contribution in [0.2, 0.25) is 0 Å². The van der Waals surface area contributed by atoms with E-state index in [2.05, 4.69) is 15.9 Å². The van der Waals surface area contributed by atoms with Crippen molar-refractivity contribution in [3.8, 4) is 0 Å². The first-order valence-electron chi connectivity index (χ1n) is 4.91. The molecular formula is C12H11BrO2. The first-order chi connectivity index (χ1) is 7.29. The van der Waals surface area contributed by atoms with Crippen molar-refractivity contribution in [2.24, 2.45) is 0 Å². The molecule has 2 nitrogen and oxygen atoms in total. The molecule has 0 saturated heterocycles. The lowest BCUT2D eigenvalue weighted by atomic mass is 10.1. The fourth-order valence-electron chi connectivity index (χ4n) is 1.49. The van der Waals surface area contributed by atoms with Gasteiger partial charge < -0.3 is 4.74 Å². The van der Waals surface area contributed by atoms with E-state index in [0.717, 1.165) is 17.3 Å². The Bertz CT molecular complexity index is 410. The summed E-state index contributed by atoms with van der Waals surface area (Å²) < 4.78 is 6.15. The zero-order chi connectivity index (χ0) is 10.7. The summed E-state index contributed by atoms with van der Waals surface area (Å²) >= 11 is 3.36. The van der Waals surface area contributed by atoms with Crippen LogP contribution in [0.5, 0.6) is 0 Å². The summed E-state index contributed by atoms with van der Waals surface area (Å²) in [5.74, 6) is 0.440. The number of hydrogen-bond acceptors (Lipinski definition) is 2. The van der Waals surface area contributed by atoms with Crippen molar-refractivity contribution in [2.45, 2.75) is 12.8 Å². The second kappa shape index (κ2) is 4.62. The van der Waals surface area contributed by atoms with Gasteiger partial charge in [-0.05, 0) is 31.1 Å². The van der Waals surface area contributed by atoms with E-state index >= 15 is 0 Å². The maximum atomic E-state index is 12.0. The molecule has 1 heterocycles. The molecule has 1 aliphatic rings. The number of ether oxygens (including phenoxy) is 1. The molecule has 0 aliphatic carbocycles. The van der Waals surface area contributed by atoms with Gasteiger partial charge >= 0.3 is 0 Å². The third-order valence-corrected chi connectivity index (χ3v) is 2.97. The third-order valence-electron chi connectivity index (χ3n) is 2.28. The van der Waals surface area contributed by atoms with Crippen LogP contribution >= 0.6 is 15.9 Å². The molecular weight excluding hydrogens is 256 g/mol. The number of ketones is 1. The molecule has 0 unspecified atom stereocenters. The molecule has 0 bridgehead atoms. The molecule has 0 spiro atoms. The smallest absolute Gasteiger partial charge is 0.228 e. The average Bonchev–Trinajstić information content (AvgIpc) is 2.30. The Morgan fingerprint density at radius 1 is 1.33 bits per heavy atom. The normalized spacial score (nSPS) is 15.4. The van der Waals surface area contributed by atoms with Crippen molar-refractivity contribution in [3.05, 3.63) is 46.1 Å². The highest BCUT2D eigenvalue weighted by Crippen LogP contribution is 2.21. The molecule has 2 rings (SSSR count). The van der Waals surface area contributed by atoms with Gasteiger partial charge in [0.1, 0.15) is 0 Å². The van der Waals surface area contributed by atoms with E-state index in [-0.39, 0.29) is 5.78 Å². The lowest BCUT2D eigenvalue weighted by Gasteiger charge is -2.14. The summed E-state index contributed by atoms with van der Waals surface area (Å²) in [5.41, 5.74) is 0.658. The molecule has 15 heavy (non-hydrogen) atoms. The molecule has 1 aliphatic heterocycles. The van der Waals surface area contributed by atoms with Crippen LogP contribution in [-0.2, 0) is 4.74 Å². The van der Waals surface area contributed by atoms with Crippen molar-refractivity contribution < 1.29 is 9.53 Å². The molecule has 0 fully saturated rings. The van der Waals surface area contributed by atoms with E-state index in [1.807, 2.05) is 24.3 Å². The number of benzene rings is 1. The number of allylic oxidation sites excluding steroid dienone is 2. The number of carbonyl (C=O) groups is 1. The predicted octanol–water partition coefficient (Wildman–Crippen LogP) is 3.33. The molecule has 0 N–H and O–H groups in total. The van der Waals surface area contributed by atoms with Crippen LogP contribution in [0.25, 0.3) is 0 Å². The Hall–Kier alpha value is -1.09. The van der Waals surface area contributed by atoms with Crippen molar-refractivity contribution in [1.29, 1.82) is 0 Å². The summed E-state index contributed by atoms with van der Waals surface area (Å²) in [4.78, 5) is 12.0. The highest BCUT2D eigenvalue weighted by Gasteiger charge is 2.17. The monoisotopic (exact) mass is 266 g/mol. The van der Waals surface area contributed by atoms with Crippen molar-refractivity contribution in [3.63, 3.8) is 0 Å². The maximum Gasteiger partial charge on any atom is 0.228 e. The fourth-order valence-corrected chi connectivity index (χ4v) is 1.96. The van der Waals surface area contributed by atoms with E-state index in [0.29, 0.717) is 17.9 Å². The molecule has 78 valence electrons. The Morgan fingerprint density at radius 3 is 2.80 bits per heavy atom. The van der Waals surface area contributed by atoms with Gasteiger partial charge in [0.2, 0.25) is 5.78 Å². The van der Waals surface area contributed by atoms with Gasteiger partial charge in [-0.3, -0.25) is 4.79 Å². The molecule has 0 saturated carbocycles. The van der Waals surface area contributed by atoms with Crippen LogP contribution in [0.3, 0.4) is 0 Å². The molecule has 3 heteroatoms. The summed E-state index contributed by atoms with van der Waals surface area (Å²) in [5, 5.41) is 0. The first-order valence-corrected chi connectivity index (χ1v) is 5.70. The van der Waals surface area contributed by atoms with Gasteiger partial charge in [0.25, 0.3) is 0 Å². The minimum atomic E-state index is -0.0397. The Labute approximate surface area is 97.1 Å². The quantitative estimate of drug-likeness (QED) is 0.768. The maximum absolute atomic E-state index is 12.0. The molecule has 0 aromatic heterocycles. The SMILES string of the molecule is O=C(C1=CCCCO1)c1ccccc1Br. The van der Waals surface area contributed by atoms with Gasteiger partial charge in [-0.15, -0.1) is 0 Å². The summed E-state index contributed by atoms with van der Waals surface area (Å²) in [6.07, 6.45) is 3.78. The van der Waals surface area contributed by atoms with E-state index in [9.17, 15) is 4.79 Å². The minimum Gasteiger partial charge on any atom is -0.490 e. The summed E-state index contributed by atoms with van der Waals surface area (Å²) in [6, 6.07) is 7.39. The number of halogens is 1. The van der Waals surface area contributed by atoms with Gasteiger partial charge in [-0.1, -0.05) is 28.1 Å². The number of rotatable bonds is 2. The van der Waals surface area contributed by atoms with Crippen molar-refractivity contribution >= 4 is 21.7 Å². The van der Waals surface area contributed by atoms with E-state index in [1.54, 1.807) is 6.07 Å². The van der Waals surface area contributed by atoms with Gasteiger partial charge in [0.15, 0.2) is 5.76 Å². The van der Waals surface area contributed by atoms with Gasteiger partial charge in [0.05, 0.1) is 6.61 Å². The lowest BCUT2D eigenvalue weighted by Crippen LogP contribution is -2.11. The van der Waals surface area contributed by atoms with Crippen LogP contribution in [0, 0.1) is 0 Å². The predicted molar refractivity (Wildman–Crippen MR) is 61.7 cm³/mol. The number of carbonyl (C=O) groups excluding carboxylic acids is 1. The lowest BCUT2D eigenvalue weighted by molar-refractivity contribution is 0.0898. The highest BCUT2D eigenvalue weighted by atomic mass is 79.9. The summed E-state index contributed by atoms with van der Waals surface area (Å²) in [6.45, 7) is 0.641. The fraction of sp³-hybridized carbons (Fsp3) is 0.250. The Balaban J connectivity index is 2.28. The standard InChI is InChI=1S/C12H11BrO2/c13-10-6-2-1-5-9(10)12(14)11-7-3-4-8-15-11/h1-2,5-7H,3-4,8H2. The Morgan fingerprint density at radius 2 is 2.13 bits per heavy atom. The van der Waals surface area contributed by atoms with Crippen LogP contribution in [0.4, 0.5) is 0 Å². The van der Waals surface area contributed by atoms with Crippen LogP contribution in [0.1, 0.15) is 23.2 Å². The second-order valence-electron chi connectivity index (χ2n) is 3.37. The van der Waals surface area contributed by atoms with Gasteiger partial charge in [0, 0.05) is 10.0 Å². The molecule has 1 aromatic carbocycles. The number of Topliss-reactive ketones (excluding diaryl/α,β-unsaturated/α-hetero) is 1. The zero-order valence-electron chi connectivity index (χ0n) is 8.20. The molecule has 1 aromatic rings. The largest absolute Gasteiger partial charge is 0.490 e. The van der Waals surface area contributed by atoms with E-state index in [4.69, 9.17) is 4.74 Å². The van der Waals surface area contributed by atoms with E-state index in [1.165, 1.54) is 0 Å². The van der Waals surface area contributed by atoms with Gasteiger partial charge in [-0.2, -0.15) is 0 Å². The third kappa shape index (κ3) is 2.29. The first kappa shape index (κ1) is 10.4. The molecule has 0 radical (unpaired) electrons. The molecule has 0 amide bonds. The average molecular weight is 267 g/mol. The Kier molecular flexibility index (Phi) is 3.21. The van der Waals surface area contributed by atoms with Crippen LogP contribution < -0.4 is 0 Å².